The van der Waals surface area contributed by atoms with Gasteiger partial charge in [0, 0.05) is 11.5 Å². The summed E-state index contributed by atoms with van der Waals surface area (Å²) in [5.74, 6) is 0.824. The number of nitrogens with zero attached hydrogens (tertiary/aromatic N) is 2. The summed E-state index contributed by atoms with van der Waals surface area (Å²) in [4.78, 5) is 4.95. The van der Waals surface area contributed by atoms with Crippen molar-refractivity contribution in [3.8, 4) is 6.07 Å². The fourth-order valence-corrected chi connectivity index (χ4v) is 3.54. The molecular weight excluding hydrogens is 332 g/mol. The van der Waals surface area contributed by atoms with Crippen molar-refractivity contribution in [3.05, 3.63) is 107 Å². The predicted octanol–water partition coefficient (Wildman–Crippen LogP) is 5.45. The fourth-order valence-electron chi connectivity index (χ4n) is 3.54. The highest BCUT2D eigenvalue weighted by Crippen LogP contribution is 2.42. The Hall–Kier alpha value is -3.38. The second-order valence-electron chi connectivity index (χ2n) is 6.79. The normalized spacial score (nSPS) is 21.6. The van der Waals surface area contributed by atoms with E-state index in [1.54, 1.807) is 0 Å². The first-order valence-corrected chi connectivity index (χ1v) is 9.11. The van der Waals surface area contributed by atoms with Crippen molar-refractivity contribution in [2.24, 2.45) is 10.9 Å². The maximum atomic E-state index is 9.07. The number of hydrogen-bond acceptors (Lipinski definition) is 3. The molecule has 3 aromatic rings. The van der Waals surface area contributed by atoms with Gasteiger partial charge in [-0.05, 0) is 35.4 Å². The monoisotopic (exact) mass is 352 g/mol. The topological polar surface area (TPSA) is 45.4 Å². The standard InChI is InChI=1S/C24H20N2O/c1-17-22(19-14-12-18(16-25)13-15-19)26-24(21-10-6-3-7-11-21)27-23(17)20-8-4-2-5-9-20/h2-15,17,22-23H,1H3/t17-,22-,23+/m1/s1. The molecule has 0 fully saturated rings. The number of aliphatic imine (C=N–C) groups is 1. The molecule has 0 bridgehead atoms. The average molecular weight is 352 g/mol. The molecule has 3 nitrogen and oxygen atoms in total. The zero-order chi connectivity index (χ0) is 18.6. The van der Waals surface area contributed by atoms with Crippen molar-refractivity contribution in [2.45, 2.75) is 19.1 Å². The van der Waals surface area contributed by atoms with E-state index in [2.05, 4.69) is 25.1 Å². The second kappa shape index (κ2) is 7.47. The summed E-state index contributed by atoms with van der Waals surface area (Å²) >= 11 is 0. The van der Waals surface area contributed by atoms with Crippen molar-refractivity contribution in [2.75, 3.05) is 0 Å². The van der Waals surface area contributed by atoms with Gasteiger partial charge in [-0.15, -0.1) is 0 Å². The van der Waals surface area contributed by atoms with E-state index in [0.29, 0.717) is 11.5 Å². The quantitative estimate of drug-likeness (QED) is 0.629. The number of ether oxygens (including phenoxy) is 1. The minimum Gasteiger partial charge on any atom is -0.469 e. The third kappa shape index (κ3) is 3.47. The van der Waals surface area contributed by atoms with Crippen LogP contribution < -0.4 is 0 Å². The van der Waals surface area contributed by atoms with Crippen LogP contribution in [0.2, 0.25) is 0 Å². The van der Waals surface area contributed by atoms with E-state index in [-0.39, 0.29) is 18.1 Å². The number of rotatable bonds is 3. The Morgan fingerprint density at radius 3 is 2.07 bits per heavy atom. The van der Waals surface area contributed by atoms with Gasteiger partial charge in [0.25, 0.3) is 0 Å². The van der Waals surface area contributed by atoms with E-state index in [1.165, 1.54) is 0 Å². The van der Waals surface area contributed by atoms with E-state index in [1.807, 2.05) is 72.8 Å². The van der Waals surface area contributed by atoms with E-state index in [0.717, 1.165) is 16.7 Å². The maximum absolute atomic E-state index is 9.07. The first kappa shape index (κ1) is 17.1. The summed E-state index contributed by atoms with van der Waals surface area (Å²) in [6, 6.07) is 30.2. The lowest BCUT2D eigenvalue weighted by Crippen LogP contribution is -2.28. The lowest BCUT2D eigenvalue weighted by Gasteiger charge is -2.35. The van der Waals surface area contributed by atoms with Crippen LogP contribution in [-0.2, 0) is 4.74 Å². The molecule has 27 heavy (non-hydrogen) atoms. The van der Waals surface area contributed by atoms with Gasteiger partial charge in [0.15, 0.2) is 0 Å². The average Bonchev–Trinajstić information content (AvgIpc) is 2.75. The molecule has 1 aliphatic rings. The molecule has 132 valence electrons. The molecule has 0 radical (unpaired) electrons. The zero-order valence-corrected chi connectivity index (χ0v) is 15.1. The molecule has 3 heteroatoms. The van der Waals surface area contributed by atoms with Crippen molar-refractivity contribution < 1.29 is 4.74 Å². The summed E-state index contributed by atoms with van der Waals surface area (Å²) in [5.41, 5.74) is 3.88. The Bertz CT molecular complexity index is 972. The van der Waals surface area contributed by atoms with Crippen LogP contribution in [0.25, 0.3) is 0 Å². The summed E-state index contributed by atoms with van der Waals surface area (Å²) in [6.45, 7) is 2.17. The smallest absolute Gasteiger partial charge is 0.217 e. The van der Waals surface area contributed by atoms with Crippen molar-refractivity contribution in [1.29, 1.82) is 5.26 Å². The van der Waals surface area contributed by atoms with Gasteiger partial charge in [-0.1, -0.05) is 67.6 Å². The van der Waals surface area contributed by atoms with Crippen molar-refractivity contribution in [3.63, 3.8) is 0 Å². The highest BCUT2D eigenvalue weighted by molar-refractivity contribution is 5.94. The molecule has 4 rings (SSSR count). The van der Waals surface area contributed by atoms with Crippen molar-refractivity contribution in [1.82, 2.24) is 0 Å². The van der Waals surface area contributed by atoms with Crippen LogP contribution in [0.4, 0.5) is 0 Å². The molecule has 0 saturated heterocycles. The first-order valence-electron chi connectivity index (χ1n) is 9.11. The Morgan fingerprint density at radius 1 is 0.815 bits per heavy atom. The molecule has 0 amide bonds. The Morgan fingerprint density at radius 2 is 1.44 bits per heavy atom. The van der Waals surface area contributed by atoms with Gasteiger partial charge in [0.1, 0.15) is 6.10 Å². The fraction of sp³-hybridized carbons (Fsp3) is 0.167. The van der Waals surface area contributed by atoms with Gasteiger partial charge in [0.2, 0.25) is 5.90 Å². The van der Waals surface area contributed by atoms with Gasteiger partial charge >= 0.3 is 0 Å². The molecule has 0 unspecified atom stereocenters. The largest absolute Gasteiger partial charge is 0.469 e. The highest BCUT2D eigenvalue weighted by Gasteiger charge is 2.35. The van der Waals surface area contributed by atoms with E-state index < -0.39 is 0 Å². The Labute approximate surface area is 159 Å². The molecule has 0 aliphatic carbocycles. The van der Waals surface area contributed by atoms with Gasteiger partial charge in [-0.25, -0.2) is 4.99 Å². The number of benzene rings is 3. The molecule has 0 N–H and O–H groups in total. The lowest BCUT2D eigenvalue weighted by molar-refractivity contribution is 0.0955. The molecule has 3 aromatic carbocycles. The van der Waals surface area contributed by atoms with Crippen LogP contribution in [-0.4, -0.2) is 5.90 Å². The molecule has 0 spiro atoms. The van der Waals surface area contributed by atoms with Gasteiger partial charge in [0.05, 0.1) is 17.7 Å². The van der Waals surface area contributed by atoms with Gasteiger partial charge in [-0.2, -0.15) is 5.26 Å². The van der Waals surface area contributed by atoms with Crippen molar-refractivity contribution >= 4 is 5.90 Å². The van der Waals surface area contributed by atoms with Crippen LogP contribution >= 0.6 is 0 Å². The third-order valence-electron chi connectivity index (χ3n) is 5.00. The van der Waals surface area contributed by atoms with Crippen LogP contribution in [0.1, 0.15) is 41.3 Å². The van der Waals surface area contributed by atoms with Crippen LogP contribution in [0, 0.1) is 17.2 Å². The number of hydrogen-bond donors (Lipinski definition) is 0. The van der Waals surface area contributed by atoms with Crippen LogP contribution in [0.15, 0.2) is 89.9 Å². The number of nitriles is 1. The SMILES string of the molecule is C[C@H]1[C@@H](c2ccccc2)OC(c2ccccc2)=N[C@H]1c1ccc(C#N)cc1. The first-order chi connectivity index (χ1) is 13.3. The predicted molar refractivity (Wildman–Crippen MR) is 106 cm³/mol. The summed E-state index contributed by atoms with van der Waals surface area (Å²) < 4.78 is 6.37. The molecule has 1 aliphatic heterocycles. The Balaban J connectivity index is 1.78. The minimum atomic E-state index is -0.0838. The molecule has 0 saturated carbocycles. The minimum absolute atomic E-state index is 0.0353. The lowest BCUT2D eigenvalue weighted by atomic mass is 9.85. The third-order valence-corrected chi connectivity index (χ3v) is 5.00. The van der Waals surface area contributed by atoms with Gasteiger partial charge in [-0.3, -0.25) is 0 Å². The van der Waals surface area contributed by atoms with E-state index >= 15 is 0 Å². The molecule has 3 atom stereocenters. The molecule has 1 heterocycles. The molecule has 0 aromatic heterocycles. The van der Waals surface area contributed by atoms with Crippen LogP contribution in [0.5, 0.6) is 0 Å². The van der Waals surface area contributed by atoms with E-state index in [4.69, 9.17) is 15.0 Å². The summed E-state index contributed by atoms with van der Waals surface area (Å²) in [6.07, 6.45) is -0.0838. The zero-order valence-electron chi connectivity index (χ0n) is 15.1. The van der Waals surface area contributed by atoms with Gasteiger partial charge < -0.3 is 4.74 Å². The molecular formula is C24H20N2O. The van der Waals surface area contributed by atoms with Crippen LogP contribution in [0.3, 0.4) is 0 Å². The highest BCUT2D eigenvalue weighted by atomic mass is 16.5. The summed E-state index contributed by atoms with van der Waals surface area (Å²) in [7, 11) is 0. The summed E-state index contributed by atoms with van der Waals surface area (Å²) in [5, 5.41) is 9.07. The maximum Gasteiger partial charge on any atom is 0.217 e. The second-order valence-corrected chi connectivity index (χ2v) is 6.79. The van der Waals surface area contributed by atoms with E-state index in [9.17, 15) is 0 Å². The Kier molecular flexibility index (Phi) is 4.72.